The summed E-state index contributed by atoms with van der Waals surface area (Å²) in [5, 5.41) is 14.2. The van der Waals surface area contributed by atoms with Gasteiger partial charge in [-0.05, 0) is 50.2 Å². The standard InChI is InChI=1S/C17H19N5O2/c1-12(2)24-14-7-5-13(6-8-14)20-17-21-16(11-19-22-17)18-10-15-4-3-9-23-15/h3-9,11-12H,10H2,1-2H3,(H2,18,20,21,22). The van der Waals surface area contributed by atoms with Crippen molar-refractivity contribution in [2.45, 2.75) is 26.5 Å². The number of furan rings is 1. The molecule has 0 spiro atoms. The van der Waals surface area contributed by atoms with E-state index in [9.17, 15) is 0 Å². The predicted molar refractivity (Wildman–Crippen MR) is 91.4 cm³/mol. The second kappa shape index (κ2) is 7.45. The highest BCUT2D eigenvalue weighted by Crippen LogP contribution is 2.19. The maximum absolute atomic E-state index is 5.62. The highest BCUT2D eigenvalue weighted by atomic mass is 16.5. The van der Waals surface area contributed by atoms with Gasteiger partial charge in [0.25, 0.3) is 0 Å². The first-order valence-corrected chi connectivity index (χ1v) is 7.69. The third-order valence-corrected chi connectivity index (χ3v) is 3.06. The van der Waals surface area contributed by atoms with Crippen LogP contribution in [0.25, 0.3) is 0 Å². The summed E-state index contributed by atoms with van der Waals surface area (Å²) < 4.78 is 10.9. The third kappa shape index (κ3) is 4.45. The molecule has 0 amide bonds. The van der Waals surface area contributed by atoms with E-state index in [0.29, 0.717) is 18.3 Å². The molecule has 1 aromatic carbocycles. The first-order chi connectivity index (χ1) is 11.7. The molecule has 2 aromatic heterocycles. The molecule has 0 atom stereocenters. The Labute approximate surface area is 140 Å². The van der Waals surface area contributed by atoms with Gasteiger partial charge < -0.3 is 19.8 Å². The van der Waals surface area contributed by atoms with Gasteiger partial charge in [-0.1, -0.05) is 0 Å². The largest absolute Gasteiger partial charge is 0.491 e. The number of hydrogen-bond acceptors (Lipinski definition) is 7. The van der Waals surface area contributed by atoms with Crippen molar-refractivity contribution in [1.29, 1.82) is 0 Å². The van der Waals surface area contributed by atoms with Gasteiger partial charge in [0.2, 0.25) is 5.95 Å². The molecule has 3 aromatic rings. The molecule has 0 aliphatic rings. The van der Waals surface area contributed by atoms with Crippen molar-refractivity contribution in [3.63, 3.8) is 0 Å². The molecule has 0 saturated carbocycles. The van der Waals surface area contributed by atoms with E-state index in [-0.39, 0.29) is 6.10 Å². The van der Waals surface area contributed by atoms with Crippen LogP contribution in [0.4, 0.5) is 17.5 Å². The Morgan fingerprint density at radius 3 is 2.71 bits per heavy atom. The monoisotopic (exact) mass is 325 g/mol. The van der Waals surface area contributed by atoms with Crippen molar-refractivity contribution in [3.05, 3.63) is 54.6 Å². The molecule has 0 unspecified atom stereocenters. The molecule has 24 heavy (non-hydrogen) atoms. The van der Waals surface area contributed by atoms with Crippen molar-refractivity contribution in [2.75, 3.05) is 10.6 Å². The lowest BCUT2D eigenvalue weighted by Crippen LogP contribution is -2.06. The zero-order chi connectivity index (χ0) is 16.8. The van der Waals surface area contributed by atoms with Crippen molar-refractivity contribution in [3.8, 4) is 5.75 Å². The van der Waals surface area contributed by atoms with Gasteiger partial charge in [0.15, 0.2) is 5.82 Å². The molecule has 0 saturated heterocycles. The Bertz CT molecular complexity index is 757. The smallest absolute Gasteiger partial charge is 0.249 e. The van der Waals surface area contributed by atoms with E-state index in [0.717, 1.165) is 17.2 Å². The number of nitrogens with zero attached hydrogens (tertiary/aromatic N) is 3. The van der Waals surface area contributed by atoms with Crippen LogP contribution in [0.5, 0.6) is 5.75 Å². The molecule has 2 heterocycles. The van der Waals surface area contributed by atoms with Crippen LogP contribution in [0.1, 0.15) is 19.6 Å². The maximum atomic E-state index is 5.62. The molecule has 7 nitrogen and oxygen atoms in total. The summed E-state index contributed by atoms with van der Waals surface area (Å²) in [6.45, 7) is 4.52. The molecular formula is C17H19N5O2. The summed E-state index contributed by atoms with van der Waals surface area (Å²) in [5.74, 6) is 2.67. The van der Waals surface area contributed by atoms with Crippen LogP contribution in [0.15, 0.2) is 53.3 Å². The van der Waals surface area contributed by atoms with Gasteiger partial charge in [0, 0.05) is 5.69 Å². The van der Waals surface area contributed by atoms with E-state index in [1.165, 1.54) is 0 Å². The summed E-state index contributed by atoms with van der Waals surface area (Å²) in [4.78, 5) is 4.37. The number of nitrogens with one attached hydrogen (secondary N) is 2. The third-order valence-electron chi connectivity index (χ3n) is 3.06. The molecule has 7 heteroatoms. The zero-order valence-electron chi connectivity index (χ0n) is 13.6. The molecule has 0 radical (unpaired) electrons. The number of aromatic nitrogens is 3. The van der Waals surface area contributed by atoms with Crippen molar-refractivity contribution < 1.29 is 9.15 Å². The molecule has 0 bridgehead atoms. The Morgan fingerprint density at radius 2 is 2.00 bits per heavy atom. The number of rotatable bonds is 7. The van der Waals surface area contributed by atoms with Gasteiger partial charge in [-0.25, -0.2) is 0 Å². The second-order valence-electron chi connectivity index (χ2n) is 5.41. The maximum Gasteiger partial charge on any atom is 0.249 e. The fourth-order valence-corrected chi connectivity index (χ4v) is 2.05. The number of anilines is 3. The van der Waals surface area contributed by atoms with Crippen LogP contribution < -0.4 is 15.4 Å². The first-order valence-electron chi connectivity index (χ1n) is 7.69. The lowest BCUT2D eigenvalue weighted by Gasteiger charge is -2.10. The first kappa shape index (κ1) is 15.8. The van der Waals surface area contributed by atoms with Crippen molar-refractivity contribution >= 4 is 17.5 Å². The summed E-state index contributed by atoms with van der Waals surface area (Å²) in [6.07, 6.45) is 3.34. The van der Waals surface area contributed by atoms with E-state index >= 15 is 0 Å². The number of benzene rings is 1. The molecule has 3 rings (SSSR count). The fourth-order valence-electron chi connectivity index (χ4n) is 2.05. The zero-order valence-corrected chi connectivity index (χ0v) is 13.6. The number of ether oxygens (including phenoxy) is 1. The van der Waals surface area contributed by atoms with Gasteiger partial charge in [-0.2, -0.15) is 10.1 Å². The lowest BCUT2D eigenvalue weighted by atomic mass is 10.3. The average molecular weight is 325 g/mol. The molecule has 2 N–H and O–H groups in total. The molecule has 0 aliphatic heterocycles. The van der Waals surface area contributed by atoms with Gasteiger partial charge in [-0.15, -0.1) is 5.10 Å². The highest BCUT2D eigenvalue weighted by Gasteiger charge is 2.03. The lowest BCUT2D eigenvalue weighted by molar-refractivity contribution is 0.242. The van der Waals surface area contributed by atoms with Crippen molar-refractivity contribution in [1.82, 2.24) is 15.2 Å². The summed E-state index contributed by atoms with van der Waals surface area (Å²) in [7, 11) is 0. The Morgan fingerprint density at radius 1 is 1.17 bits per heavy atom. The van der Waals surface area contributed by atoms with Crippen LogP contribution in [0.2, 0.25) is 0 Å². The molecular weight excluding hydrogens is 306 g/mol. The van der Waals surface area contributed by atoms with Crippen molar-refractivity contribution in [2.24, 2.45) is 0 Å². The Kier molecular flexibility index (Phi) is 4.90. The SMILES string of the molecule is CC(C)Oc1ccc(Nc2nncc(NCc3ccco3)n2)cc1. The van der Waals surface area contributed by atoms with Crippen LogP contribution in [-0.2, 0) is 6.54 Å². The van der Waals surface area contributed by atoms with Crippen LogP contribution in [-0.4, -0.2) is 21.3 Å². The Balaban J connectivity index is 1.61. The minimum absolute atomic E-state index is 0.147. The van der Waals surface area contributed by atoms with E-state index < -0.39 is 0 Å². The summed E-state index contributed by atoms with van der Waals surface area (Å²) >= 11 is 0. The average Bonchev–Trinajstić information content (AvgIpc) is 3.08. The Hall–Kier alpha value is -3.09. The second-order valence-corrected chi connectivity index (χ2v) is 5.41. The topological polar surface area (TPSA) is 85.1 Å². The van der Waals surface area contributed by atoms with Crippen LogP contribution in [0, 0.1) is 0 Å². The number of hydrogen-bond donors (Lipinski definition) is 2. The van der Waals surface area contributed by atoms with Gasteiger partial charge >= 0.3 is 0 Å². The van der Waals surface area contributed by atoms with Gasteiger partial charge in [0.05, 0.1) is 25.1 Å². The highest BCUT2D eigenvalue weighted by molar-refractivity contribution is 5.55. The van der Waals surface area contributed by atoms with Gasteiger partial charge in [0.1, 0.15) is 11.5 Å². The minimum Gasteiger partial charge on any atom is -0.491 e. The van der Waals surface area contributed by atoms with Gasteiger partial charge in [-0.3, -0.25) is 0 Å². The summed E-state index contributed by atoms with van der Waals surface area (Å²) in [5.41, 5.74) is 0.857. The van der Waals surface area contributed by atoms with Crippen LogP contribution in [0.3, 0.4) is 0 Å². The fraction of sp³-hybridized carbons (Fsp3) is 0.235. The minimum atomic E-state index is 0.147. The molecule has 0 fully saturated rings. The van der Waals surface area contributed by atoms with Crippen LogP contribution >= 0.6 is 0 Å². The van der Waals surface area contributed by atoms with E-state index in [4.69, 9.17) is 9.15 Å². The normalized spacial score (nSPS) is 10.6. The summed E-state index contributed by atoms with van der Waals surface area (Å²) in [6, 6.07) is 11.3. The molecule has 124 valence electrons. The van der Waals surface area contributed by atoms with E-state index in [1.54, 1.807) is 12.5 Å². The molecule has 0 aliphatic carbocycles. The van der Waals surface area contributed by atoms with E-state index in [2.05, 4.69) is 25.8 Å². The predicted octanol–water partition coefficient (Wildman–Crippen LogP) is 3.61. The quantitative estimate of drug-likeness (QED) is 0.686. The van der Waals surface area contributed by atoms with E-state index in [1.807, 2.05) is 50.2 Å².